The van der Waals surface area contributed by atoms with E-state index >= 15 is 0 Å². The summed E-state index contributed by atoms with van der Waals surface area (Å²) in [7, 11) is 0. The number of aliphatic carboxylic acids is 1. The lowest BCUT2D eigenvalue weighted by molar-refractivity contribution is -0.147. The van der Waals surface area contributed by atoms with Crippen LogP contribution in [0.5, 0.6) is 5.75 Å². The minimum Gasteiger partial charge on any atom is -0.508 e. The van der Waals surface area contributed by atoms with Crippen molar-refractivity contribution in [1.29, 1.82) is 0 Å². The van der Waals surface area contributed by atoms with Crippen LogP contribution in [0.15, 0.2) is 12.1 Å². The molecular formula is C8H6I2O4. The zero-order chi connectivity index (χ0) is 10.9. The maximum absolute atomic E-state index is 10.5. The fourth-order valence-corrected chi connectivity index (χ4v) is 2.16. The number of carbonyl (C=O) groups is 1. The van der Waals surface area contributed by atoms with Crippen molar-refractivity contribution in [3.05, 3.63) is 24.8 Å². The number of phenolic OH excluding ortho intramolecular Hbond substituents is 1. The number of aliphatic hydroxyl groups is 1. The minimum absolute atomic E-state index is 0.0463. The number of aromatic hydroxyl groups is 1. The number of benzene rings is 1. The van der Waals surface area contributed by atoms with Gasteiger partial charge in [0.1, 0.15) is 5.75 Å². The number of halogens is 2. The van der Waals surface area contributed by atoms with Crippen LogP contribution < -0.4 is 0 Å². The summed E-state index contributed by atoms with van der Waals surface area (Å²) in [5, 5.41) is 27.3. The van der Waals surface area contributed by atoms with Crippen molar-refractivity contribution >= 4 is 51.2 Å². The van der Waals surface area contributed by atoms with Crippen LogP contribution in [0.25, 0.3) is 0 Å². The van der Waals surface area contributed by atoms with Crippen LogP contribution >= 0.6 is 45.2 Å². The predicted octanol–water partition coefficient (Wildman–Crippen LogP) is 1.72. The van der Waals surface area contributed by atoms with Gasteiger partial charge in [-0.1, -0.05) is 0 Å². The first-order valence-corrected chi connectivity index (χ1v) is 5.68. The molecule has 0 amide bonds. The Kier molecular flexibility index (Phi) is 3.95. The van der Waals surface area contributed by atoms with Crippen LogP contribution in [0.3, 0.4) is 0 Å². The van der Waals surface area contributed by atoms with Crippen molar-refractivity contribution in [3.63, 3.8) is 0 Å². The van der Waals surface area contributed by atoms with E-state index in [2.05, 4.69) is 0 Å². The molecule has 0 radical (unpaired) electrons. The maximum Gasteiger partial charge on any atom is 0.337 e. The molecule has 0 heterocycles. The molecular weight excluding hydrogens is 414 g/mol. The second-order valence-corrected chi connectivity index (χ2v) is 4.78. The van der Waals surface area contributed by atoms with E-state index in [0.717, 1.165) is 3.57 Å². The summed E-state index contributed by atoms with van der Waals surface area (Å²) < 4.78 is 1.34. The number of aliphatic hydroxyl groups excluding tert-OH is 1. The molecule has 0 aliphatic heterocycles. The largest absolute Gasteiger partial charge is 0.508 e. The van der Waals surface area contributed by atoms with Gasteiger partial charge in [-0.25, -0.2) is 4.79 Å². The highest BCUT2D eigenvalue weighted by molar-refractivity contribution is 14.1. The highest BCUT2D eigenvalue weighted by Gasteiger charge is 2.23. The maximum atomic E-state index is 10.5. The van der Waals surface area contributed by atoms with Crippen molar-refractivity contribution in [1.82, 2.24) is 0 Å². The van der Waals surface area contributed by atoms with Gasteiger partial charge in [-0.3, -0.25) is 0 Å². The lowest BCUT2D eigenvalue weighted by Gasteiger charge is -2.11. The highest BCUT2D eigenvalue weighted by Crippen LogP contribution is 2.32. The van der Waals surface area contributed by atoms with Crippen LogP contribution in [0.1, 0.15) is 11.7 Å². The predicted molar refractivity (Wildman–Crippen MR) is 66.1 cm³/mol. The third-order valence-corrected chi connectivity index (χ3v) is 4.71. The molecule has 0 bridgehead atoms. The topological polar surface area (TPSA) is 77.8 Å². The first-order valence-electron chi connectivity index (χ1n) is 3.53. The van der Waals surface area contributed by atoms with E-state index in [1.54, 1.807) is 6.07 Å². The van der Waals surface area contributed by atoms with Gasteiger partial charge >= 0.3 is 5.97 Å². The molecule has 1 aromatic rings. The van der Waals surface area contributed by atoms with Crippen molar-refractivity contribution in [2.45, 2.75) is 6.10 Å². The zero-order valence-electron chi connectivity index (χ0n) is 6.74. The Labute approximate surface area is 107 Å². The molecule has 1 rings (SSSR count). The number of carboxylic acids is 1. The average Bonchev–Trinajstić information content (AvgIpc) is 2.12. The summed E-state index contributed by atoms with van der Waals surface area (Å²) in [5.74, 6) is -1.58. The standard InChI is InChI=1S/C8H6I2O4/c9-3-1-2-4(11)5(6(3)10)7(12)8(13)14/h1-2,7,11-12H,(H,13,14). The van der Waals surface area contributed by atoms with Crippen molar-refractivity contribution in [2.75, 3.05) is 0 Å². The van der Waals surface area contributed by atoms with Gasteiger partial charge in [0.15, 0.2) is 6.10 Å². The Bertz CT molecular complexity index is 378. The fourth-order valence-electron chi connectivity index (χ4n) is 0.940. The molecule has 0 aliphatic rings. The number of hydrogen-bond acceptors (Lipinski definition) is 3. The first kappa shape index (κ1) is 12.0. The average molecular weight is 420 g/mol. The summed E-state index contributed by atoms with van der Waals surface area (Å²) in [4.78, 5) is 10.5. The molecule has 1 atom stereocenters. The second kappa shape index (κ2) is 4.62. The van der Waals surface area contributed by atoms with Crippen molar-refractivity contribution < 1.29 is 20.1 Å². The van der Waals surface area contributed by atoms with E-state index in [1.165, 1.54) is 6.07 Å². The molecule has 0 aromatic heterocycles. The van der Waals surface area contributed by atoms with E-state index in [1.807, 2.05) is 45.2 Å². The van der Waals surface area contributed by atoms with E-state index in [4.69, 9.17) is 5.11 Å². The first-order chi connectivity index (χ1) is 6.45. The van der Waals surface area contributed by atoms with Crippen LogP contribution in [0, 0.1) is 7.14 Å². The minimum atomic E-state index is -1.68. The van der Waals surface area contributed by atoms with Crippen LogP contribution in [0.4, 0.5) is 0 Å². The Morgan fingerprint density at radius 2 is 1.93 bits per heavy atom. The van der Waals surface area contributed by atoms with Crippen LogP contribution in [-0.4, -0.2) is 21.3 Å². The Morgan fingerprint density at radius 3 is 2.43 bits per heavy atom. The van der Waals surface area contributed by atoms with E-state index in [9.17, 15) is 15.0 Å². The summed E-state index contributed by atoms with van der Waals surface area (Å²) >= 11 is 3.89. The van der Waals surface area contributed by atoms with E-state index in [-0.39, 0.29) is 11.3 Å². The van der Waals surface area contributed by atoms with Crippen LogP contribution in [0.2, 0.25) is 0 Å². The zero-order valence-corrected chi connectivity index (χ0v) is 11.1. The summed E-state index contributed by atoms with van der Waals surface area (Å²) in [6.07, 6.45) is -1.68. The molecule has 6 heteroatoms. The molecule has 14 heavy (non-hydrogen) atoms. The number of carboxylic acid groups (broad SMARTS) is 1. The van der Waals surface area contributed by atoms with Gasteiger partial charge in [0.05, 0.1) is 0 Å². The van der Waals surface area contributed by atoms with Gasteiger partial charge in [-0.15, -0.1) is 0 Å². The number of phenols is 1. The molecule has 0 saturated carbocycles. The Balaban J connectivity index is 3.32. The Hall–Kier alpha value is -0.0900. The number of rotatable bonds is 2. The molecule has 1 unspecified atom stereocenters. The third-order valence-electron chi connectivity index (χ3n) is 1.62. The normalized spacial score (nSPS) is 12.5. The van der Waals surface area contributed by atoms with E-state index < -0.39 is 12.1 Å². The lowest BCUT2D eigenvalue weighted by Crippen LogP contribution is -2.12. The molecule has 0 saturated heterocycles. The van der Waals surface area contributed by atoms with Gasteiger partial charge in [0, 0.05) is 12.7 Å². The quantitative estimate of drug-likeness (QED) is 0.638. The summed E-state index contributed by atoms with van der Waals surface area (Å²) in [5.41, 5.74) is 0.0463. The fraction of sp³-hybridized carbons (Fsp3) is 0.125. The highest BCUT2D eigenvalue weighted by atomic mass is 127. The molecule has 1 aromatic carbocycles. The summed E-state index contributed by atoms with van der Waals surface area (Å²) in [6, 6.07) is 3.02. The molecule has 0 aliphatic carbocycles. The van der Waals surface area contributed by atoms with Gasteiger partial charge < -0.3 is 15.3 Å². The monoisotopic (exact) mass is 420 g/mol. The van der Waals surface area contributed by atoms with Crippen LogP contribution in [-0.2, 0) is 4.79 Å². The van der Waals surface area contributed by atoms with Gasteiger partial charge in [-0.05, 0) is 57.3 Å². The van der Waals surface area contributed by atoms with Gasteiger partial charge in [-0.2, -0.15) is 0 Å². The molecule has 76 valence electrons. The number of hydrogen-bond donors (Lipinski definition) is 3. The van der Waals surface area contributed by atoms with E-state index in [0.29, 0.717) is 3.57 Å². The molecule has 0 fully saturated rings. The smallest absolute Gasteiger partial charge is 0.337 e. The van der Waals surface area contributed by atoms with Crippen molar-refractivity contribution in [2.24, 2.45) is 0 Å². The van der Waals surface area contributed by atoms with Gasteiger partial charge in [0.2, 0.25) is 0 Å². The third kappa shape index (κ3) is 2.28. The summed E-state index contributed by atoms with van der Waals surface area (Å²) in [6.45, 7) is 0. The molecule has 3 N–H and O–H groups in total. The SMILES string of the molecule is O=C(O)C(O)c1c(O)ccc(I)c1I. The Morgan fingerprint density at radius 1 is 1.36 bits per heavy atom. The lowest BCUT2D eigenvalue weighted by atomic mass is 10.1. The van der Waals surface area contributed by atoms with Crippen molar-refractivity contribution in [3.8, 4) is 5.75 Å². The second-order valence-electron chi connectivity index (χ2n) is 2.53. The van der Waals surface area contributed by atoms with Gasteiger partial charge in [0.25, 0.3) is 0 Å². The molecule has 4 nitrogen and oxygen atoms in total. The molecule has 0 spiro atoms.